The van der Waals surface area contributed by atoms with Crippen LogP contribution in [0.15, 0.2) is 0 Å². The van der Waals surface area contributed by atoms with Gasteiger partial charge in [-0.1, -0.05) is 13.8 Å². The molecule has 2 N–H and O–H groups in total. The molecule has 0 radical (unpaired) electrons. The van der Waals surface area contributed by atoms with Crippen LogP contribution < -0.4 is 15.7 Å². The summed E-state index contributed by atoms with van der Waals surface area (Å²) in [7, 11) is 0. The summed E-state index contributed by atoms with van der Waals surface area (Å²) < 4.78 is 0. The van der Waals surface area contributed by atoms with Crippen LogP contribution >= 0.6 is 0 Å². The van der Waals surface area contributed by atoms with E-state index in [1.165, 1.54) is 6.92 Å². The molecular formula is C9H17N2O3-. The number of amides is 2. The van der Waals surface area contributed by atoms with Crippen molar-refractivity contribution in [1.82, 2.24) is 10.6 Å². The maximum atomic E-state index is 11.0. The van der Waals surface area contributed by atoms with Gasteiger partial charge in [0, 0.05) is 6.54 Å². The van der Waals surface area contributed by atoms with Crippen molar-refractivity contribution in [2.75, 3.05) is 6.54 Å². The van der Waals surface area contributed by atoms with Crippen LogP contribution in [0.25, 0.3) is 0 Å². The van der Waals surface area contributed by atoms with Crippen molar-refractivity contribution < 1.29 is 14.7 Å². The molecule has 0 spiro atoms. The van der Waals surface area contributed by atoms with E-state index in [4.69, 9.17) is 0 Å². The maximum Gasteiger partial charge on any atom is 0.315 e. The zero-order valence-corrected chi connectivity index (χ0v) is 8.79. The van der Waals surface area contributed by atoms with Gasteiger partial charge in [0.1, 0.15) is 0 Å². The smallest absolute Gasteiger partial charge is 0.315 e. The number of hydrogen-bond donors (Lipinski definition) is 2. The summed E-state index contributed by atoms with van der Waals surface area (Å²) in [5.74, 6) is -0.780. The molecule has 0 saturated carbocycles. The Kier molecular flexibility index (Phi) is 5.67. The Hall–Kier alpha value is -1.26. The first-order valence-electron chi connectivity index (χ1n) is 4.68. The fourth-order valence-corrected chi connectivity index (χ4v) is 0.781. The van der Waals surface area contributed by atoms with Gasteiger partial charge in [-0.25, -0.2) is 4.79 Å². The third-order valence-corrected chi connectivity index (χ3v) is 1.71. The van der Waals surface area contributed by atoms with Crippen LogP contribution in [-0.4, -0.2) is 24.6 Å². The monoisotopic (exact) mass is 201 g/mol. The van der Waals surface area contributed by atoms with Gasteiger partial charge in [0.2, 0.25) is 0 Å². The Morgan fingerprint density at radius 1 is 1.29 bits per heavy atom. The molecule has 0 aliphatic carbocycles. The molecule has 0 rings (SSSR count). The van der Waals surface area contributed by atoms with Crippen LogP contribution in [0.3, 0.4) is 0 Å². The topological polar surface area (TPSA) is 81.3 Å². The van der Waals surface area contributed by atoms with Gasteiger partial charge in [-0.2, -0.15) is 0 Å². The lowest BCUT2D eigenvalue weighted by Gasteiger charge is -2.15. The third kappa shape index (κ3) is 6.28. The van der Waals surface area contributed by atoms with Crippen LogP contribution in [0, 0.1) is 5.92 Å². The lowest BCUT2D eigenvalue weighted by atomic mass is 10.1. The van der Waals surface area contributed by atoms with E-state index < -0.39 is 18.0 Å². The number of rotatable bonds is 5. The molecule has 2 amide bonds. The molecule has 82 valence electrons. The van der Waals surface area contributed by atoms with E-state index in [-0.39, 0.29) is 0 Å². The maximum absolute atomic E-state index is 11.0. The largest absolute Gasteiger partial charge is 0.548 e. The van der Waals surface area contributed by atoms with Crippen LogP contribution in [0.2, 0.25) is 0 Å². The SMILES string of the molecule is CC(C)CCNC(=O)N[C@@H](C)C(=O)[O-]. The number of aliphatic carboxylic acids is 1. The molecule has 0 unspecified atom stereocenters. The van der Waals surface area contributed by atoms with Crippen molar-refractivity contribution in [3.05, 3.63) is 0 Å². The van der Waals surface area contributed by atoms with Crippen LogP contribution in [0.4, 0.5) is 4.79 Å². The summed E-state index contributed by atoms with van der Waals surface area (Å²) in [5.41, 5.74) is 0. The molecule has 0 aromatic heterocycles. The van der Waals surface area contributed by atoms with Crippen molar-refractivity contribution in [2.45, 2.75) is 33.2 Å². The van der Waals surface area contributed by atoms with Crippen molar-refractivity contribution in [1.29, 1.82) is 0 Å². The van der Waals surface area contributed by atoms with Gasteiger partial charge < -0.3 is 20.5 Å². The predicted octanol–water partition coefficient (Wildman–Crippen LogP) is -0.530. The summed E-state index contributed by atoms with van der Waals surface area (Å²) in [6, 6.07) is -1.43. The van der Waals surface area contributed by atoms with E-state index in [1.54, 1.807) is 0 Å². The fraction of sp³-hybridized carbons (Fsp3) is 0.778. The highest BCUT2D eigenvalue weighted by atomic mass is 16.4. The Morgan fingerprint density at radius 3 is 2.29 bits per heavy atom. The molecule has 0 aromatic rings. The van der Waals surface area contributed by atoms with Crippen LogP contribution in [0.5, 0.6) is 0 Å². The molecule has 0 aliphatic heterocycles. The molecule has 0 saturated heterocycles. The van der Waals surface area contributed by atoms with Gasteiger partial charge in [0.25, 0.3) is 0 Å². The number of urea groups is 1. The Morgan fingerprint density at radius 2 is 1.86 bits per heavy atom. The lowest BCUT2D eigenvalue weighted by Crippen LogP contribution is -2.49. The minimum atomic E-state index is -1.29. The molecular weight excluding hydrogens is 184 g/mol. The van der Waals surface area contributed by atoms with Gasteiger partial charge in [-0.15, -0.1) is 0 Å². The van der Waals surface area contributed by atoms with E-state index in [2.05, 4.69) is 10.6 Å². The number of hydrogen-bond acceptors (Lipinski definition) is 3. The minimum absolute atomic E-state index is 0.470. The van der Waals surface area contributed by atoms with Crippen molar-refractivity contribution in [3.8, 4) is 0 Å². The van der Waals surface area contributed by atoms with Crippen LogP contribution in [-0.2, 0) is 4.79 Å². The number of carboxylic acid groups (broad SMARTS) is 1. The zero-order chi connectivity index (χ0) is 11.1. The molecule has 14 heavy (non-hydrogen) atoms. The number of carbonyl (C=O) groups excluding carboxylic acids is 2. The fourth-order valence-electron chi connectivity index (χ4n) is 0.781. The number of carboxylic acids is 1. The molecule has 0 fully saturated rings. The quantitative estimate of drug-likeness (QED) is 0.627. The minimum Gasteiger partial charge on any atom is -0.548 e. The summed E-state index contributed by atoms with van der Waals surface area (Å²) >= 11 is 0. The first kappa shape index (κ1) is 12.7. The molecule has 0 aliphatic rings. The van der Waals surface area contributed by atoms with E-state index >= 15 is 0 Å². The Balaban J connectivity index is 3.60. The van der Waals surface area contributed by atoms with Gasteiger partial charge >= 0.3 is 6.03 Å². The summed E-state index contributed by atoms with van der Waals surface area (Å²) in [6.45, 7) is 5.99. The van der Waals surface area contributed by atoms with Crippen molar-refractivity contribution in [3.63, 3.8) is 0 Å². The standard InChI is InChI=1S/C9H18N2O3/c1-6(2)4-5-10-9(14)11-7(3)8(12)13/h6-7H,4-5H2,1-3H3,(H,12,13)(H2,10,11,14)/p-1/t7-/m0/s1. The van der Waals surface area contributed by atoms with E-state index in [9.17, 15) is 14.7 Å². The Bertz CT molecular complexity index is 204. The summed E-state index contributed by atoms with van der Waals surface area (Å²) in [6.07, 6.45) is 0.868. The molecule has 5 heteroatoms. The highest BCUT2D eigenvalue weighted by Crippen LogP contribution is 1.95. The molecule has 0 heterocycles. The third-order valence-electron chi connectivity index (χ3n) is 1.71. The summed E-state index contributed by atoms with van der Waals surface area (Å²) in [5, 5.41) is 15.1. The highest BCUT2D eigenvalue weighted by Gasteiger charge is 2.06. The molecule has 0 aromatic carbocycles. The van der Waals surface area contributed by atoms with E-state index in [0.29, 0.717) is 12.5 Å². The lowest BCUT2D eigenvalue weighted by molar-refractivity contribution is -0.307. The van der Waals surface area contributed by atoms with E-state index in [1.807, 2.05) is 13.8 Å². The first-order valence-corrected chi connectivity index (χ1v) is 4.68. The number of nitrogens with one attached hydrogen (secondary N) is 2. The second-order valence-electron chi connectivity index (χ2n) is 3.62. The first-order chi connectivity index (χ1) is 6.43. The summed E-state index contributed by atoms with van der Waals surface area (Å²) in [4.78, 5) is 21.3. The highest BCUT2D eigenvalue weighted by molar-refractivity contribution is 5.81. The average molecular weight is 201 g/mol. The van der Waals surface area contributed by atoms with Gasteiger partial charge in [-0.3, -0.25) is 0 Å². The zero-order valence-electron chi connectivity index (χ0n) is 8.79. The second-order valence-corrected chi connectivity index (χ2v) is 3.62. The van der Waals surface area contributed by atoms with Gasteiger partial charge in [0.05, 0.1) is 12.0 Å². The van der Waals surface area contributed by atoms with Gasteiger partial charge in [0.15, 0.2) is 0 Å². The molecule has 1 atom stereocenters. The molecule has 5 nitrogen and oxygen atoms in total. The van der Waals surface area contributed by atoms with Crippen LogP contribution in [0.1, 0.15) is 27.2 Å². The van der Waals surface area contributed by atoms with E-state index in [0.717, 1.165) is 6.42 Å². The number of carbonyl (C=O) groups is 2. The second kappa shape index (κ2) is 6.23. The average Bonchev–Trinajstić information content (AvgIpc) is 2.02. The Labute approximate surface area is 83.9 Å². The van der Waals surface area contributed by atoms with Gasteiger partial charge in [-0.05, 0) is 19.3 Å². The van der Waals surface area contributed by atoms with Crippen molar-refractivity contribution in [2.24, 2.45) is 5.92 Å². The predicted molar refractivity (Wildman–Crippen MR) is 50.5 cm³/mol. The normalized spacial score (nSPS) is 12.3. The van der Waals surface area contributed by atoms with Crippen molar-refractivity contribution >= 4 is 12.0 Å². The molecule has 0 bridgehead atoms.